The summed E-state index contributed by atoms with van der Waals surface area (Å²) in [5.41, 5.74) is 9.35. The molecule has 0 unspecified atom stereocenters. The van der Waals surface area contributed by atoms with Crippen LogP contribution in [-0.2, 0) is 6.54 Å². The molecule has 0 radical (unpaired) electrons. The Bertz CT molecular complexity index is 466. The van der Waals surface area contributed by atoms with Crippen LogP contribution >= 0.6 is 0 Å². The van der Waals surface area contributed by atoms with Crippen molar-refractivity contribution in [1.82, 2.24) is 5.32 Å². The highest BCUT2D eigenvalue weighted by Gasteiger charge is 2.21. The first-order valence-corrected chi connectivity index (χ1v) is 6.18. The number of hydrogen-bond donors (Lipinski definition) is 3. The van der Waals surface area contributed by atoms with E-state index in [4.69, 9.17) is 5.73 Å². The van der Waals surface area contributed by atoms with E-state index in [0.717, 1.165) is 29.3 Å². The molecule has 0 aromatic heterocycles. The summed E-state index contributed by atoms with van der Waals surface area (Å²) >= 11 is 0. The number of carbonyl (C=O) groups excluding carboxylic acids is 1. The van der Waals surface area contributed by atoms with Crippen molar-refractivity contribution in [3.63, 3.8) is 0 Å². The van der Waals surface area contributed by atoms with Gasteiger partial charge in [-0.05, 0) is 36.5 Å². The first-order chi connectivity index (χ1) is 8.24. The lowest BCUT2D eigenvalue weighted by Gasteiger charge is -2.26. The van der Waals surface area contributed by atoms with E-state index < -0.39 is 0 Å². The van der Waals surface area contributed by atoms with Crippen LogP contribution in [-0.4, -0.2) is 12.5 Å². The third-order valence-electron chi connectivity index (χ3n) is 3.77. The summed E-state index contributed by atoms with van der Waals surface area (Å²) in [4.78, 5) is 11.5. The fraction of sp³-hybridized carbons (Fsp3) is 0.462. The van der Waals surface area contributed by atoms with Crippen molar-refractivity contribution >= 4 is 17.3 Å². The third kappa shape index (κ3) is 1.84. The van der Waals surface area contributed by atoms with Gasteiger partial charge in [-0.25, -0.2) is 0 Å². The number of nitrogens with one attached hydrogen (secondary N) is 2. The van der Waals surface area contributed by atoms with Crippen LogP contribution in [0.5, 0.6) is 0 Å². The molecule has 90 valence electrons. The Morgan fingerprint density at radius 1 is 1.41 bits per heavy atom. The maximum atomic E-state index is 11.5. The summed E-state index contributed by atoms with van der Waals surface area (Å²) in [6.07, 6.45) is 3.99. The monoisotopic (exact) mass is 231 g/mol. The first-order valence-electron chi connectivity index (χ1n) is 6.18. The quantitative estimate of drug-likeness (QED) is 0.694. The summed E-state index contributed by atoms with van der Waals surface area (Å²) in [5, 5.41) is 6.20. The highest BCUT2D eigenvalue weighted by Crippen LogP contribution is 2.30. The number of amides is 1. The highest BCUT2D eigenvalue weighted by atomic mass is 16.1. The van der Waals surface area contributed by atoms with Gasteiger partial charge < -0.3 is 16.4 Å². The summed E-state index contributed by atoms with van der Waals surface area (Å²) < 4.78 is 0. The number of rotatable bonds is 3. The Morgan fingerprint density at radius 2 is 2.24 bits per heavy atom. The van der Waals surface area contributed by atoms with Gasteiger partial charge in [-0.1, -0.05) is 6.42 Å². The minimum absolute atomic E-state index is 0.0164. The molecule has 0 bridgehead atoms. The average Bonchev–Trinajstić information content (AvgIpc) is 2.58. The molecule has 17 heavy (non-hydrogen) atoms. The Balaban J connectivity index is 1.78. The SMILES string of the molecule is Nc1cc2c(cc1NCC1CCC1)CNC2=O. The van der Waals surface area contributed by atoms with E-state index in [2.05, 4.69) is 10.6 Å². The van der Waals surface area contributed by atoms with Crippen LogP contribution in [0, 0.1) is 5.92 Å². The van der Waals surface area contributed by atoms with Gasteiger partial charge in [0.25, 0.3) is 5.91 Å². The number of fused-ring (bicyclic) bond motifs is 1. The summed E-state index contributed by atoms with van der Waals surface area (Å²) in [7, 11) is 0. The second-order valence-electron chi connectivity index (χ2n) is 4.96. The lowest BCUT2D eigenvalue weighted by atomic mass is 9.85. The van der Waals surface area contributed by atoms with Gasteiger partial charge in [0.1, 0.15) is 0 Å². The Morgan fingerprint density at radius 3 is 2.94 bits per heavy atom. The number of anilines is 2. The van der Waals surface area contributed by atoms with Crippen molar-refractivity contribution in [1.29, 1.82) is 0 Å². The molecule has 4 nitrogen and oxygen atoms in total. The predicted octanol–water partition coefficient (Wildman–Crippen LogP) is 1.72. The zero-order chi connectivity index (χ0) is 11.8. The van der Waals surface area contributed by atoms with Gasteiger partial charge >= 0.3 is 0 Å². The van der Waals surface area contributed by atoms with E-state index >= 15 is 0 Å². The smallest absolute Gasteiger partial charge is 0.251 e. The molecule has 0 saturated heterocycles. The molecule has 0 spiro atoms. The molecule has 0 atom stereocenters. The molecule has 1 aliphatic carbocycles. The number of carbonyl (C=O) groups is 1. The van der Waals surface area contributed by atoms with E-state index in [9.17, 15) is 4.79 Å². The lowest BCUT2D eigenvalue weighted by molar-refractivity contribution is 0.0966. The second kappa shape index (κ2) is 3.95. The van der Waals surface area contributed by atoms with Crippen molar-refractivity contribution in [3.05, 3.63) is 23.3 Å². The van der Waals surface area contributed by atoms with Crippen molar-refractivity contribution in [2.45, 2.75) is 25.8 Å². The molecule has 1 aromatic carbocycles. The molecule has 1 amide bonds. The van der Waals surface area contributed by atoms with Gasteiger partial charge in [-0.3, -0.25) is 4.79 Å². The first kappa shape index (κ1) is 10.4. The van der Waals surface area contributed by atoms with E-state index in [0.29, 0.717) is 12.2 Å². The molecule has 4 N–H and O–H groups in total. The lowest BCUT2D eigenvalue weighted by Crippen LogP contribution is -2.21. The van der Waals surface area contributed by atoms with Gasteiger partial charge in [0.2, 0.25) is 0 Å². The van der Waals surface area contributed by atoms with Gasteiger partial charge in [0.05, 0.1) is 11.4 Å². The molecule has 4 heteroatoms. The number of nitrogens with two attached hydrogens (primary N) is 1. The molecule has 1 heterocycles. The van der Waals surface area contributed by atoms with Crippen LogP contribution in [0.1, 0.15) is 35.2 Å². The molecule has 1 aliphatic heterocycles. The van der Waals surface area contributed by atoms with Crippen molar-refractivity contribution < 1.29 is 4.79 Å². The number of nitrogen functional groups attached to an aromatic ring is 1. The summed E-state index contributed by atoms with van der Waals surface area (Å²) in [6.45, 7) is 1.61. The maximum Gasteiger partial charge on any atom is 0.251 e. The summed E-state index contributed by atoms with van der Waals surface area (Å²) in [6, 6.07) is 3.78. The number of hydrogen-bond acceptors (Lipinski definition) is 3. The van der Waals surface area contributed by atoms with Crippen molar-refractivity contribution in [3.8, 4) is 0 Å². The molecular weight excluding hydrogens is 214 g/mol. The van der Waals surface area contributed by atoms with Gasteiger partial charge in [0.15, 0.2) is 0 Å². The van der Waals surface area contributed by atoms with Gasteiger partial charge in [-0.15, -0.1) is 0 Å². The highest BCUT2D eigenvalue weighted by molar-refractivity contribution is 6.00. The van der Waals surface area contributed by atoms with Crippen molar-refractivity contribution in [2.75, 3.05) is 17.6 Å². The largest absolute Gasteiger partial charge is 0.397 e. The molecule has 1 saturated carbocycles. The number of benzene rings is 1. The van der Waals surface area contributed by atoms with Crippen LogP contribution in [0.15, 0.2) is 12.1 Å². The molecule has 3 rings (SSSR count). The Kier molecular flexibility index (Phi) is 2.42. The van der Waals surface area contributed by atoms with E-state index in [1.165, 1.54) is 19.3 Å². The summed E-state index contributed by atoms with van der Waals surface area (Å²) in [5.74, 6) is 0.777. The fourth-order valence-electron chi connectivity index (χ4n) is 2.39. The zero-order valence-corrected chi connectivity index (χ0v) is 9.75. The third-order valence-corrected chi connectivity index (χ3v) is 3.77. The Labute approximate surface area is 101 Å². The van der Waals surface area contributed by atoms with Crippen LogP contribution in [0.4, 0.5) is 11.4 Å². The zero-order valence-electron chi connectivity index (χ0n) is 9.75. The van der Waals surface area contributed by atoms with Gasteiger partial charge in [-0.2, -0.15) is 0 Å². The van der Waals surface area contributed by atoms with E-state index in [1.54, 1.807) is 6.07 Å². The molecule has 2 aliphatic rings. The average molecular weight is 231 g/mol. The predicted molar refractivity (Wildman–Crippen MR) is 67.9 cm³/mol. The van der Waals surface area contributed by atoms with Gasteiger partial charge in [0, 0.05) is 18.7 Å². The minimum atomic E-state index is -0.0164. The van der Waals surface area contributed by atoms with Crippen LogP contribution < -0.4 is 16.4 Å². The second-order valence-corrected chi connectivity index (χ2v) is 4.96. The normalized spacial score (nSPS) is 18.5. The minimum Gasteiger partial charge on any atom is -0.397 e. The topological polar surface area (TPSA) is 67.2 Å². The standard InChI is InChI=1S/C13H17N3O/c14-11-5-10-9(7-16-13(10)17)4-12(11)15-6-8-2-1-3-8/h4-5,8,15H,1-3,6-7,14H2,(H,16,17). The van der Waals surface area contributed by atoms with E-state index in [1.807, 2.05) is 6.07 Å². The maximum absolute atomic E-state index is 11.5. The fourth-order valence-corrected chi connectivity index (χ4v) is 2.39. The van der Waals surface area contributed by atoms with Crippen LogP contribution in [0.25, 0.3) is 0 Å². The molecule has 1 fully saturated rings. The molecular formula is C13H17N3O. The van der Waals surface area contributed by atoms with Crippen molar-refractivity contribution in [2.24, 2.45) is 5.92 Å². The molecule has 1 aromatic rings. The Hall–Kier alpha value is -1.71. The van der Waals surface area contributed by atoms with Crippen LogP contribution in [0.3, 0.4) is 0 Å². The van der Waals surface area contributed by atoms with E-state index in [-0.39, 0.29) is 5.91 Å². The van der Waals surface area contributed by atoms with Crippen LogP contribution in [0.2, 0.25) is 0 Å².